The van der Waals surface area contributed by atoms with Crippen LogP contribution in [0, 0.1) is 0 Å². The molecule has 4 heterocycles. The molecule has 0 radical (unpaired) electrons. The molecule has 3 aromatic rings. The van der Waals surface area contributed by atoms with Crippen LogP contribution in [0.25, 0.3) is 0 Å². The summed E-state index contributed by atoms with van der Waals surface area (Å²) in [7, 11) is 0. The Labute approximate surface area is 357 Å². The van der Waals surface area contributed by atoms with Gasteiger partial charge in [0.15, 0.2) is 6.61 Å². The molecule has 0 spiro atoms. The van der Waals surface area contributed by atoms with Gasteiger partial charge in [-0.3, -0.25) is 39.0 Å². The van der Waals surface area contributed by atoms with E-state index >= 15 is 0 Å². The number of imide groups is 2. The van der Waals surface area contributed by atoms with E-state index in [2.05, 4.69) is 37.7 Å². The monoisotopic (exact) mass is 860 g/mol. The zero-order valence-corrected chi connectivity index (χ0v) is 34.5. The second-order valence-corrected chi connectivity index (χ2v) is 15.7. The zero-order valence-electron chi connectivity index (χ0n) is 33.8. The third-order valence-electron chi connectivity index (χ3n) is 11.2. The van der Waals surface area contributed by atoms with Crippen molar-refractivity contribution in [2.45, 2.75) is 50.2 Å². The molecule has 1 aromatic heterocycles. The molecule has 1 aliphatic carbocycles. The summed E-state index contributed by atoms with van der Waals surface area (Å²) in [4.78, 5) is 90.4. The predicted molar refractivity (Wildman–Crippen MR) is 219 cm³/mol. The van der Waals surface area contributed by atoms with Crippen molar-refractivity contribution in [3.8, 4) is 5.75 Å². The van der Waals surface area contributed by atoms with Gasteiger partial charge in [0.05, 0.1) is 55.3 Å². The number of aliphatic hydroxyl groups is 1. The quantitative estimate of drug-likeness (QED) is 0.105. The number of fused-ring (bicyclic) bond motifs is 2. The molecule has 4 N–H and O–H groups in total. The van der Waals surface area contributed by atoms with Crippen molar-refractivity contribution in [1.29, 1.82) is 0 Å². The van der Waals surface area contributed by atoms with Gasteiger partial charge in [-0.05, 0) is 48.6 Å². The number of carbonyl (C=O) groups is 6. The van der Waals surface area contributed by atoms with Crippen molar-refractivity contribution in [2.75, 3.05) is 83.7 Å². The number of halogens is 1. The van der Waals surface area contributed by atoms with E-state index in [1.807, 2.05) is 17.0 Å². The summed E-state index contributed by atoms with van der Waals surface area (Å²) in [6.07, 6.45) is 1.58. The summed E-state index contributed by atoms with van der Waals surface area (Å²) in [5.41, 5.74) is 2.58. The van der Waals surface area contributed by atoms with Gasteiger partial charge >= 0.3 is 0 Å². The number of nitrogens with zero attached hydrogens (tertiary/aromatic N) is 5. The van der Waals surface area contributed by atoms with Crippen molar-refractivity contribution in [2.24, 2.45) is 0 Å². The summed E-state index contributed by atoms with van der Waals surface area (Å²) in [5, 5.41) is 19.2. The Hall–Kier alpha value is -5.53. The topological polar surface area (TPSA) is 222 Å². The Bertz CT molecular complexity index is 2130. The van der Waals surface area contributed by atoms with Crippen molar-refractivity contribution < 1.29 is 48.1 Å². The number of carbonyl (C=O) groups excluding carboxylic acids is 6. The lowest BCUT2D eigenvalue weighted by atomic mass is 9.97. The smallest absolute Gasteiger partial charge is 0.266 e. The number of benzene rings is 2. The van der Waals surface area contributed by atoms with Crippen LogP contribution in [0.1, 0.15) is 81.7 Å². The number of anilines is 1. The molecule has 61 heavy (non-hydrogen) atoms. The summed E-state index contributed by atoms with van der Waals surface area (Å²) in [5.74, 6) is -2.42. The van der Waals surface area contributed by atoms with E-state index in [1.165, 1.54) is 24.5 Å². The Morgan fingerprint density at radius 2 is 1.69 bits per heavy atom. The van der Waals surface area contributed by atoms with Crippen LogP contribution in [0.3, 0.4) is 0 Å². The highest BCUT2D eigenvalue weighted by molar-refractivity contribution is 6.30. The second kappa shape index (κ2) is 19.9. The second-order valence-electron chi connectivity index (χ2n) is 15.3. The van der Waals surface area contributed by atoms with Gasteiger partial charge < -0.3 is 39.8 Å². The van der Waals surface area contributed by atoms with Gasteiger partial charge in [0.2, 0.25) is 17.7 Å². The van der Waals surface area contributed by atoms with Crippen LogP contribution in [0.5, 0.6) is 5.75 Å². The molecule has 4 atom stereocenters. The van der Waals surface area contributed by atoms with Crippen molar-refractivity contribution in [1.82, 2.24) is 35.7 Å². The molecular formula is C42H49ClN8O10. The lowest BCUT2D eigenvalue weighted by Gasteiger charge is -2.38. The standard InChI is InChI=1S/C42H49ClN8O10/c1-25-21-31(52)37-35(25)38(47-24-46-37)49-13-15-50(16-14-49)40(56)29(26-5-7-27(43)8-6-26)22-44-11-17-59-19-20-60-18-12-45-34(54)23-61-32-4-2-3-28-36(32)42(58)51(41(28)57)30-9-10-33(53)48-39(30)55/h2-8,24-25,29-31,44,52H,9-23H2,1H3,(H,45,54)(H,48,53,55)/t25-,29?,30?,31-/m1/s1. The summed E-state index contributed by atoms with van der Waals surface area (Å²) in [6, 6.07) is 10.6. The number of ether oxygens (including phenoxy) is 3. The number of nitrogens with one attached hydrogen (secondary N) is 3. The SMILES string of the molecule is C[C@@H]1C[C@@H](O)c2ncnc(N3CCN(C(=O)C(CNCCOCCOCCNC(=O)COc4cccc5c4C(=O)N(C4CCC(=O)NC4=O)C5=O)c4ccc(Cl)cc4)CC3)c21. The first kappa shape index (κ1) is 43.6. The summed E-state index contributed by atoms with van der Waals surface area (Å²) < 4.78 is 16.9. The van der Waals surface area contributed by atoms with E-state index in [0.29, 0.717) is 69.6 Å². The average molecular weight is 861 g/mol. The number of rotatable bonds is 18. The largest absolute Gasteiger partial charge is 0.483 e. The number of piperazine rings is 1. The van der Waals surface area contributed by atoms with Crippen LogP contribution in [0.4, 0.5) is 5.82 Å². The minimum Gasteiger partial charge on any atom is -0.483 e. The molecule has 0 bridgehead atoms. The van der Waals surface area contributed by atoms with Crippen LogP contribution in [-0.2, 0) is 28.7 Å². The minimum absolute atomic E-state index is 0.00172. The maximum atomic E-state index is 13.9. The molecule has 324 valence electrons. The van der Waals surface area contributed by atoms with Crippen molar-refractivity contribution in [3.05, 3.63) is 81.8 Å². The van der Waals surface area contributed by atoms with Crippen LogP contribution in [0.2, 0.25) is 5.02 Å². The van der Waals surface area contributed by atoms with Gasteiger partial charge in [0, 0.05) is 62.8 Å². The molecule has 2 unspecified atom stereocenters. The highest BCUT2D eigenvalue weighted by Gasteiger charge is 2.46. The Morgan fingerprint density at radius 3 is 2.43 bits per heavy atom. The first-order valence-corrected chi connectivity index (χ1v) is 20.8. The number of amides is 6. The van der Waals surface area contributed by atoms with Crippen molar-refractivity contribution >= 4 is 52.9 Å². The highest BCUT2D eigenvalue weighted by Crippen LogP contribution is 2.43. The lowest BCUT2D eigenvalue weighted by Crippen LogP contribution is -2.54. The summed E-state index contributed by atoms with van der Waals surface area (Å²) in [6.45, 7) is 6.27. The van der Waals surface area contributed by atoms with Crippen LogP contribution in [0.15, 0.2) is 48.8 Å². The Morgan fingerprint density at radius 1 is 0.951 bits per heavy atom. The fraction of sp³-hybridized carbons (Fsp3) is 0.476. The van der Waals surface area contributed by atoms with Crippen LogP contribution >= 0.6 is 11.6 Å². The fourth-order valence-corrected chi connectivity index (χ4v) is 8.26. The number of hydrogen-bond acceptors (Lipinski definition) is 14. The number of hydrogen-bond donors (Lipinski definition) is 4. The van der Waals surface area contributed by atoms with E-state index in [4.69, 9.17) is 25.8 Å². The van der Waals surface area contributed by atoms with E-state index in [1.54, 1.807) is 12.1 Å². The summed E-state index contributed by atoms with van der Waals surface area (Å²) >= 11 is 6.17. The molecule has 4 aliphatic rings. The third-order valence-corrected chi connectivity index (χ3v) is 11.5. The minimum atomic E-state index is -1.11. The first-order chi connectivity index (χ1) is 29.5. The molecule has 2 fully saturated rings. The first-order valence-electron chi connectivity index (χ1n) is 20.4. The normalized spacial score (nSPS) is 20.4. The Kier molecular flexibility index (Phi) is 14.2. The number of piperidine rings is 1. The zero-order chi connectivity index (χ0) is 43.0. The molecule has 0 saturated carbocycles. The molecule has 19 heteroatoms. The van der Waals surface area contributed by atoms with Gasteiger partial charge in [-0.2, -0.15) is 0 Å². The van der Waals surface area contributed by atoms with Gasteiger partial charge in [-0.25, -0.2) is 9.97 Å². The van der Waals surface area contributed by atoms with E-state index in [9.17, 15) is 33.9 Å². The Balaban J connectivity index is 0.779. The molecule has 7 rings (SSSR count). The van der Waals surface area contributed by atoms with Gasteiger partial charge in [-0.15, -0.1) is 0 Å². The molecule has 3 aliphatic heterocycles. The van der Waals surface area contributed by atoms with Crippen LogP contribution < -0.4 is 25.6 Å². The highest BCUT2D eigenvalue weighted by atomic mass is 35.5. The molecule has 6 amide bonds. The average Bonchev–Trinajstić information content (AvgIpc) is 3.70. The molecule has 2 aromatic carbocycles. The maximum Gasteiger partial charge on any atom is 0.266 e. The van der Waals surface area contributed by atoms with Gasteiger partial charge in [0.1, 0.15) is 23.9 Å². The maximum absolute atomic E-state index is 13.9. The molecule has 18 nitrogen and oxygen atoms in total. The third kappa shape index (κ3) is 10.00. The predicted octanol–water partition coefficient (Wildman–Crippen LogP) is 1.32. The van der Waals surface area contributed by atoms with E-state index in [0.717, 1.165) is 21.8 Å². The number of aliphatic hydroxyl groups excluding tert-OH is 1. The van der Waals surface area contributed by atoms with Gasteiger partial charge in [-0.1, -0.05) is 36.7 Å². The fourth-order valence-electron chi connectivity index (χ4n) is 8.13. The number of aromatic nitrogens is 2. The van der Waals surface area contributed by atoms with Crippen LogP contribution in [-0.4, -0.2) is 145 Å². The lowest BCUT2D eigenvalue weighted by molar-refractivity contribution is -0.136. The van der Waals surface area contributed by atoms with Crippen molar-refractivity contribution in [3.63, 3.8) is 0 Å². The van der Waals surface area contributed by atoms with Gasteiger partial charge in [0.25, 0.3) is 17.7 Å². The van der Waals surface area contributed by atoms with E-state index < -0.39 is 54.2 Å². The van der Waals surface area contributed by atoms with E-state index in [-0.39, 0.29) is 61.3 Å². The molecule has 2 saturated heterocycles. The molecular weight excluding hydrogens is 812 g/mol.